The maximum Gasteiger partial charge on any atom is 0.315 e. The minimum Gasteiger partial charge on any atom is -0.336 e. The predicted molar refractivity (Wildman–Crippen MR) is 71.3 cm³/mol. The number of benzene rings is 1. The van der Waals surface area contributed by atoms with E-state index in [0.717, 1.165) is 22.6 Å². The van der Waals surface area contributed by atoms with E-state index >= 15 is 0 Å². The van der Waals surface area contributed by atoms with Gasteiger partial charge >= 0.3 is 6.03 Å². The van der Waals surface area contributed by atoms with Gasteiger partial charge in [0, 0.05) is 16.7 Å². The van der Waals surface area contributed by atoms with Gasteiger partial charge in [-0.05, 0) is 44.0 Å². The molecule has 2 rings (SSSR count). The lowest BCUT2D eigenvalue weighted by molar-refractivity contribution is 0.234. The molecule has 0 bridgehead atoms. The highest BCUT2D eigenvalue weighted by molar-refractivity contribution is 7.99. The van der Waals surface area contributed by atoms with Crippen LogP contribution in [-0.2, 0) is 0 Å². The van der Waals surface area contributed by atoms with Gasteiger partial charge in [-0.2, -0.15) is 0 Å². The number of fused-ring (bicyclic) bond motifs is 1. The number of rotatable bonds is 2. The first kappa shape index (κ1) is 13.2. The molecule has 98 valence electrons. The van der Waals surface area contributed by atoms with Crippen LogP contribution in [0.5, 0.6) is 0 Å². The summed E-state index contributed by atoms with van der Waals surface area (Å²) in [7, 11) is 0. The first-order valence-electron chi connectivity index (χ1n) is 6.05. The van der Waals surface area contributed by atoms with Crippen molar-refractivity contribution in [2.24, 2.45) is 0 Å². The summed E-state index contributed by atoms with van der Waals surface area (Å²) in [4.78, 5) is 12.7. The number of carbonyl (C=O) groups is 1. The molecule has 1 unspecified atom stereocenters. The summed E-state index contributed by atoms with van der Waals surface area (Å²) < 4.78 is 13.3. The average molecular weight is 268 g/mol. The zero-order valence-corrected chi connectivity index (χ0v) is 11.3. The van der Waals surface area contributed by atoms with E-state index in [1.54, 1.807) is 17.8 Å². The van der Waals surface area contributed by atoms with Crippen molar-refractivity contribution >= 4 is 17.8 Å². The largest absolute Gasteiger partial charge is 0.336 e. The molecule has 1 aromatic rings. The third-order valence-electron chi connectivity index (χ3n) is 2.74. The first-order valence-corrected chi connectivity index (χ1v) is 7.04. The summed E-state index contributed by atoms with van der Waals surface area (Å²) in [5, 5.41) is 5.69. The zero-order valence-electron chi connectivity index (χ0n) is 10.5. The molecular formula is C13H17FN2OS. The van der Waals surface area contributed by atoms with Gasteiger partial charge in [0.2, 0.25) is 0 Å². The Kier molecular flexibility index (Phi) is 4.11. The van der Waals surface area contributed by atoms with E-state index in [1.165, 1.54) is 12.1 Å². The van der Waals surface area contributed by atoms with Crippen LogP contribution >= 0.6 is 11.8 Å². The summed E-state index contributed by atoms with van der Waals surface area (Å²) in [6.45, 7) is 3.81. The molecule has 1 aliphatic rings. The van der Waals surface area contributed by atoms with Gasteiger partial charge in [0.05, 0.1) is 6.04 Å². The number of carbonyl (C=O) groups excluding carboxylic acids is 1. The van der Waals surface area contributed by atoms with Crippen LogP contribution in [0.25, 0.3) is 0 Å². The molecule has 0 aliphatic carbocycles. The summed E-state index contributed by atoms with van der Waals surface area (Å²) in [6, 6.07) is 4.55. The molecule has 0 fully saturated rings. The highest BCUT2D eigenvalue weighted by Gasteiger charge is 2.22. The smallest absolute Gasteiger partial charge is 0.315 e. The molecule has 0 saturated carbocycles. The van der Waals surface area contributed by atoms with E-state index < -0.39 is 0 Å². The number of hydrogen-bond donors (Lipinski definition) is 2. The molecule has 0 saturated heterocycles. The van der Waals surface area contributed by atoms with Crippen molar-refractivity contribution in [1.29, 1.82) is 0 Å². The van der Waals surface area contributed by atoms with Crippen molar-refractivity contribution in [3.8, 4) is 0 Å². The fourth-order valence-corrected chi connectivity index (χ4v) is 3.08. The topological polar surface area (TPSA) is 41.1 Å². The van der Waals surface area contributed by atoms with Gasteiger partial charge in [-0.1, -0.05) is 0 Å². The van der Waals surface area contributed by atoms with Gasteiger partial charge in [-0.3, -0.25) is 0 Å². The summed E-state index contributed by atoms with van der Waals surface area (Å²) in [5.74, 6) is 0.679. The minimum atomic E-state index is -0.257. The Hall–Kier alpha value is -1.23. The molecule has 0 radical (unpaired) electrons. The highest BCUT2D eigenvalue weighted by atomic mass is 32.2. The van der Waals surface area contributed by atoms with Crippen LogP contribution in [0.1, 0.15) is 31.9 Å². The van der Waals surface area contributed by atoms with Crippen LogP contribution in [0, 0.1) is 5.82 Å². The number of nitrogens with one attached hydrogen (secondary N) is 2. The lowest BCUT2D eigenvalue weighted by atomic mass is 10.0. The maximum absolute atomic E-state index is 13.3. The van der Waals surface area contributed by atoms with Crippen LogP contribution in [0.3, 0.4) is 0 Å². The third-order valence-corrected chi connectivity index (χ3v) is 3.86. The lowest BCUT2D eigenvalue weighted by Crippen LogP contribution is -2.42. The van der Waals surface area contributed by atoms with Crippen LogP contribution in [0.15, 0.2) is 23.1 Å². The number of amides is 2. The van der Waals surface area contributed by atoms with E-state index in [0.29, 0.717) is 0 Å². The predicted octanol–water partition coefficient (Wildman–Crippen LogP) is 3.07. The molecule has 2 amide bonds. The molecule has 1 aromatic carbocycles. The lowest BCUT2D eigenvalue weighted by Gasteiger charge is -2.26. The summed E-state index contributed by atoms with van der Waals surface area (Å²) in [5.41, 5.74) is 0.880. The second kappa shape index (κ2) is 5.61. The highest BCUT2D eigenvalue weighted by Crippen LogP contribution is 2.36. The second-order valence-corrected chi connectivity index (χ2v) is 5.78. The maximum atomic E-state index is 13.3. The molecule has 1 heterocycles. The SMILES string of the molecule is CC(C)NC(=O)NC1CCSc2ccc(F)cc21. The molecule has 0 aromatic heterocycles. The standard InChI is InChI=1S/C13H17FN2OS/c1-8(2)15-13(17)16-11-5-6-18-12-4-3-9(14)7-10(11)12/h3-4,7-8,11H,5-6H2,1-2H3,(H2,15,16,17). The number of halogens is 1. The molecule has 3 nitrogen and oxygen atoms in total. The van der Waals surface area contributed by atoms with Crippen molar-refractivity contribution < 1.29 is 9.18 Å². The fraction of sp³-hybridized carbons (Fsp3) is 0.462. The number of hydrogen-bond acceptors (Lipinski definition) is 2. The van der Waals surface area contributed by atoms with Gasteiger partial charge < -0.3 is 10.6 Å². The third kappa shape index (κ3) is 3.16. The molecule has 1 atom stereocenters. The monoisotopic (exact) mass is 268 g/mol. The van der Waals surface area contributed by atoms with Crippen molar-refractivity contribution in [2.75, 3.05) is 5.75 Å². The number of urea groups is 1. The van der Waals surface area contributed by atoms with Crippen molar-refractivity contribution in [3.63, 3.8) is 0 Å². The Balaban J connectivity index is 2.12. The Labute approximate surface area is 111 Å². The Morgan fingerprint density at radius 3 is 3.00 bits per heavy atom. The molecule has 1 aliphatic heterocycles. The minimum absolute atomic E-state index is 0.0925. The van der Waals surface area contributed by atoms with Gasteiger partial charge in [-0.25, -0.2) is 9.18 Å². The average Bonchev–Trinajstić information content (AvgIpc) is 2.28. The number of thioether (sulfide) groups is 1. The Morgan fingerprint density at radius 2 is 2.28 bits per heavy atom. The second-order valence-electron chi connectivity index (χ2n) is 4.64. The van der Waals surface area contributed by atoms with Crippen LogP contribution in [-0.4, -0.2) is 17.8 Å². The first-order chi connectivity index (χ1) is 8.56. The van der Waals surface area contributed by atoms with E-state index in [4.69, 9.17) is 0 Å². The van der Waals surface area contributed by atoms with E-state index in [2.05, 4.69) is 10.6 Å². The van der Waals surface area contributed by atoms with Crippen molar-refractivity contribution in [2.45, 2.75) is 37.2 Å². The fourth-order valence-electron chi connectivity index (χ4n) is 1.98. The van der Waals surface area contributed by atoms with E-state index in [9.17, 15) is 9.18 Å². The quantitative estimate of drug-likeness (QED) is 0.865. The van der Waals surface area contributed by atoms with Crippen molar-refractivity contribution in [1.82, 2.24) is 10.6 Å². The molecule has 0 spiro atoms. The van der Waals surface area contributed by atoms with Gasteiger partial charge in [0.25, 0.3) is 0 Å². The van der Waals surface area contributed by atoms with Crippen LogP contribution in [0.2, 0.25) is 0 Å². The van der Waals surface area contributed by atoms with Gasteiger partial charge in [0.1, 0.15) is 5.82 Å². The normalized spacial score (nSPS) is 18.3. The van der Waals surface area contributed by atoms with Gasteiger partial charge in [0.15, 0.2) is 0 Å². The molecule has 2 N–H and O–H groups in total. The molecular weight excluding hydrogens is 251 g/mol. The molecule has 18 heavy (non-hydrogen) atoms. The van der Waals surface area contributed by atoms with E-state index in [-0.39, 0.29) is 23.9 Å². The summed E-state index contributed by atoms with van der Waals surface area (Å²) in [6.07, 6.45) is 0.826. The summed E-state index contributed by atoms with van der Waals surface area (Å²) >= 11 is 1.70. The zero-order chi connectivity index (χ0) is 13.1. The van der Waals surface area contributed by atoms with Crippen molar-refractivity contribution in [3.05, 3.63) is 29.6 Å². The van der Waals surface area contributed by atoms with Crippen LogP contribution in [0.4, 0.5) is 9.18 Å². The van der Waals surface area contributed by atoms with E-state index in [1.807, 2.05) is 13.8 Å². The van der Waals surface area contributed by atoms with Crippen LogP contribution < -0.4 is 10.6 Å². The Morgan fingerprint density at radius 1 is 1.50 bits per heavy atom. The Bertz CT molecular complexity index is 451. The molecule has 5 heteroatoms. The van der Waals surface area contributed by atoms with Gasteiger partial charge in [-0.15, -0.1) is 11.8 Å².